The predicted octanol–water partition coefficient (Wildman–Crippen LogP) is 5.95. The second-order valence-corrected chi connectivity index (χ2v) is 9.53. The number of nitrogens with one attached hydrogen (secondary N) is 1. The maximum absolute atomic E-state index is 12.9. The highest BCUT2D eigenvalue weighted by molar-refractivity contribution is 5.98. The van der Waals surface area contributed by atoms with Gasteiger partial charge in [-0.1, -0.05) is 97.1 Å². The number of benzene rings is 3. The molecule has 0 aliphatic carbocycles. The fraction of sp³-hybridized carbons (Fsp3) is 0.250. The Kier molecular flexibility index (Phi) is 7.53. The second-order valence-electron chi connectivity index (χ2n) is 9.53. The molecule has 4 nitrogen and oxygen atoms in total. The number of amides is 1. The van der Waals surface area contributed by atoms with Gasteiger partial charge in [0.15, 0.2) is 0 Å². The molecule has 0 atom stereocenters. The lowest BCUT2D eigenvalue weighted by molar-refractivity contribution is 0.0946. The number of hydrogen-bond acceptors (Lipinski definition) is 3. The number of hydrogen-bond donors (Lipinski definition) is 1. The van der Waals surface area contributed by atoms with Gasteiger partial charge in [-0.2, -0.15) is 0 Å². The molecule has 4 aromatic rings. The lowest BCUT2D eigenvalue weighted by Crippen LogP contribution is -2.44. The number of pyridine rings is 1. The standard InChI is InChI=1S/C32H33N3O/c36-31(30-29(18-10-21-33-30)26-12-4-1-5-13-26)34-22-11-23-35-24-19-32(20-25-35,27-14-6-2-7-15-27)28-16-8-3-9-17-28/h1-10,12-18,21H,11,19-20,22-25H2,(H,34,36). The van der Waals surface area contributed by atoms with E-state index in [1.165, 1.54) is 11.1 Å². The molecule has 182 valence electrons. The molecule has 1 N–H and O–H groups in total. The molecule has 1 aliphatic rings. The largest absolute Gasteiger partial charge is 0.351 e. The van der Waals surface area contributed by atoms with Crippen molar-refractivity contribution in [1.29, 1.82) is 0 Å². The lowest BCUT2D eigenvalue weighted by atomic mass is 9.68. The summed E-state index contributed by atoms with van der Waals surface area (Å²) in [6.45, 7) is 3.72. The van der Waals surface area contributed by atoms with Crippen molar-refractivity contribution in [1.82, 2.24) is 15.2 Å². The topological polar surface area (TPSA) is 45.2 Å². The van der Waals surface area contributed by atoms with E-state index in [-0.39, 0.29) is 11.3 Å². The molecule has 4 heteroatoms. The molecule has 36 heavy (non-hydrogen) atoms. The van der Waals surface area contributed by atoms with Crippen LogP contribution in [0.15, 0.2) is 109 Å². The van der Waals surface area contributed by atoms with E-state index in [0.29, 0.717) is 12.2 Å². The zero-order chi connectivity index (χ0) is 24.6. The molecule has 1 aliphatic heterocycles. The van der Waals surface area contributed by atoms with Gasteiger partial charge in [-0.25, -0.2) is 0 Å². The molecule has 1 saturated heterocycles. The Labute approximate surface area is 214 Å². The number of nitrogens with zero attached hydrogens (tertiary/aromatic N) is 2. The first-order chi connectivity index (χ1) is 17.8. The number of aromatic nitrogens is 1. The van der Waals surface area contributed by atoms with Crippen LogP contribution in [0.1, 0.15) is 40.9 Å². The van der Waals surface area contributed by atoms with Gasteiger partial charge < -0.3 is 10.2 Å². The van der Waals surface area contributed by atoms with Gasteiger partial charge in [-0.15, -0.1) is 0 Å². The highest BCUT2D eigenvalue weighted by Gasteiger charge is 2.37. The Morgan fingerprint density at radius 1 is 0.778 bits per heavy atom. The van der Waals surface area contributed by atoms with Gasteiger partial charge in [0.2, 0.25) is 0 Å². The number of carbonyl (C=O) groups excluding carboxylic acids is 1. The molecule has 0 spiro atoms. The SMILES string of the molecule is O=C(NCCCN1CCC(c2ccccc2)(c2ccccc2)CC1)c1ncccc1-c1ccccc1. The van der Waals surface area contributed by atoms with Crippen molar-refractivity contribution in [2.75, 3.05) is 26.2 Å². The molecule has 0 radical (unpaired) electrons. The monoisotopic (exact) mass is 475 g/mol. The molecule has 3 aromatic carbocycles. The van der Waals surface area contributed by atoms with Crippen LogP contribution < -0.4 is 5.32 Å². The molecular weight excluding hydrogens is 442 g/mol. The van der Waals surface area contributed by atoms with E-state index in [1.807, 2.05) is 42.5 Å². The van der Waals surface area contributed by atoms with Crippen LogP contribution in [0, 0.1) is 0 Å². The number of piperidine rings is 1. The Morgan fingerprint density at radius 3 is 1.97 bits per heavy atom. The van der Waals surface area contributed by atoms with Crippen molar-refractivity contribution in [3.8, 4) is 11.1 Å². The first-order valence-corrected chi connectivity index (χ1v) is 12.9. The Hall–Kier alpha value is -3.76. The molecule has 1 amide bonds. The van der Waals surface area contributed by atoms with Crippen LogP contribution in [-0.4, -0.2) is 42.0 Å². The van der Waals surface area contributed by atoms with Crippen molar-refractivity contribution < 1.29 is 4.79 Å². The van der Waals surface area contributed by atoms with Crippen LogP contribution in [0.4, 0.5) is 0 Å². The smallest absolute Gasteiger partial charge is 0.270 e. The summed E-state index contributed by atoms with van der Waals surface area (Å²) >= 11 is 0. The summed E-state index contributed by atoms with van der Waals surface area (Å²) in [6, 6.07) is 35.7. The van der Waals surface area contributed by atoms with Gasteiger partial charge in [0.1, 0.15) is 5.69 Å². The van der Waals surface area contributed by atoms with E-state index >= 15 is 0 Å². The number of rotatable bonds is 8. The summed E-state index contributed by atoms with van der Waals surface area (Å²) < 4.78 is 0. The van der Waals surface area contributed by atoms with Crippen LogP contribution in [0.25, 0.3) is 11.1 Å². The summed E-state index contributed by atoms with van der Waals surface area (Å²) in [6.07, 6.45) is 4.80. The molecule has 0 bridgehead atoms. The highest BCUT2D eigenvalue weighted by Crippen LogP contribution is 2.41. The summed E-state index contributed by atoms with van der Waals surface area (Å²) in [5, 5.41) is 3.09. The maximum atomic E-state index is 12.9. The average Bonchev–Trinajstić information content (AvgIpc) is 2.97. The van der Waals surface area contributed by atoms with E-state index < -0.39 is 0 Å². The van der Waals surface area contributed by atoms with Crippen molar-refractivity contribution in [3.05, 3.63) is 126 Å². The van der Waals surface area contributed by atoms with E-state index in [2.05, 4.69) is 75.9 Å². The minimum absolute atomic E-state index is 0.0695. The maximum Gasteiger partial charge on any atom is 0.270 e. The molecule has 2 heterocycles. The van der Waals surface area contributed by atoms with Crippen LogP contribution >= 0.6 is 0 Å². The lowest BCUT2D eigenvalue weighted by Gasteiger charge is -2.43. The van der Waals surface area contributed by atoms with Crippen molar-refractivity contribution >= 4 is 5.91 Å². The van der Waals surface area contributed by atoms with Gasteiger partial charge in [0.05, 0.1) is 0 Å². The zero-order valence-electron chi connectivity index (χ0n) is 20.6. The van der Waals surface area contributed by atoms with Crippen LogP contribution in [0.5, 0.6) is 0 Å². The molecule has 0 unspecified atom stereocenters. The summed E-state index contributed by atoms with van der Waals surface area (Å²) in [4.78, 5) is 19.8. The van der Waals surface area contributed by atoms with Crippen LogP contribution in [0.3, 0.4) is 0 Å². The first kappa shape index (κ1) is 24.0. The summed E-state index contributed by atoms with van der Waals surface area (Å²) in [5.74, 6) is -0.111. The zero-order valence-corrected chi connectivity index (χ0v) is 20.6. The summed E-state index contributed by atoms with van der Waals surface area (Å²) in [5.41, 5.74) is 5.24. The van der Waals surface area contributed by atoms with Crippen LogP contribution in [-0.2, 0) is 5.41 Å². The molecule has 5 rings (SSSR count). The summed E-state index contributed by atoms with van der Waals surface area (Å²) in [7, 11) is 0. The molecule has 0 saturated carbocycles. The fourth-order valence-corrected chi connectivity index (χ4v) is 5.44. The average molecular weight is 476 g/mol. The molecule has 1 aromatic heterocycles. The van der Waals surface area contributed by atoms with Crippen molar-refractivity contribution in [2.45, 2.75) is 24.7 Å². The fourth-order valence-electron chi connectivity index (χ4n) is 5.44. The van der Waals surface area contributed by atoms with E-state index in [9.17, 15) is 4.79 Å². The normalized spacial score (nSPS) is 15.3. The van der Waals surface area contributed by atoms with Crippen molar-refractivity contribution in [3.63, 3.8) is 0 Å². The van der Waals surface area contributed by atoms with Gasteiger partial charge in [0, 0.05) is 23.7 Å². The van der Waals surface area contributed by atoms with Crippen molar-refractivity contribution in [2.24, 2.45) is 0 Å². The second kappa shape index (κ2) is 11.3. The van der Waals surface area contributed by atoms with Gasteiger partial charge >= 0.3 is 0 Å². The highest BCUT2D eigenvalue weighted by atomic mass is 16.1. The third kappa shape index (κ3) is 5.24. The third-order valence-corrected chi connectivity index (χ3v) is 7.41. The number of carbonyl (C=O) groups is 1. The molecule has 1 fully saturated rings. The third-order valence-electron chi connectivity index (χ3n) is 7.41. The van der Waals surface area contributed by atoms with Crippen LogP contribution in [0.2, 0.25) is 0 Å². The van der Waals surface area contributed by atoms with Gasteiger partial charge in [-0.3, -0.25) is 9.78 Å². The number of likely N-dealkylation sites (tertiary alicyclic amines) is 1. The minimum Gasteiger partial charge on any atom is -0.351 e. The van der Waals surface area contributed by atoms with E-state index in [0.717, 1.165) is 50.0 Å². The predicted molar refractivity (Wildman–Crippen MR) is 146 cm³/mol. The minimum atomic E-state index is -0.111. The molecular formula is C32H33N3O. The Morgan fingerprint density at radius 2 is 1.36 bits per heavy atom. The Balaban J connectivity index is 1.16. The quantitative estimate of drug-likeness (QED) is 0.320. The first-order valence-electron chi connectivity index (χ1n) is 12.9. The van der Waals surface area contributed by atoms with E-state index in [1.54, 1.807) is 6.20 Å². The van der Waals surface area contributed by atoms with Gasteiger partial charge in [-0.05, 0) is 61.7 Å². The Bertz CT molecular complexity index is 1210. The van der Waals surface area contributed by atoms with E-state index in [4.69, 9.17) is 0 Å². The van der Waals surface area contributed by atoms with Gasteiger partial charge in [0.25, 0.3) is 5.91 Å².